The fraction of sp³-hybridized carbons (Fsp3) is 0. The van der Waals surface area contributed by atoms with Gasteiger partial charge in [0.1, 0.15) is 0 Å². The van der Waals surface area contributed by atoms with Crippen molar-refractivity contribution in [3.05, 3.63) is 0 Å². The first-order chi connectivity index (χ1) is 4.90. The molecular formula is H8F12P2Sb2. The maximum atomic E-state index is 9.93. The van der Waals surface area contributed by atoms with Gasteiger partial charge in [-0.1, -0.05) is 0 Å². The molecule has 0 heterocycles. The Hall–Kier alpha value is 1.66. The van der Waals surface area contributed by atoms with Crippen LogP contribution in [-0.2, 0) is 0 Å². The second kappa shape index (κ2) is 4.07. The molecule has 0 aliphatic carbocycles. The van der Waals surface area contributed by atoms with Gasteiger partial charge in [0.05, 0.1) is 0 Å². The van der Waals surface area contributed by atoms with Gasteiger partial charge in [-0.2, -0.15) is 0 Å². The molecule has 0 aromatic carbocycles. The van der Waals surface area contributed by atoms with Crippen LogP contribution in [0.25, 0.3) is 0 Å². The molecule has 0 bridgehead atoms. The van der Waals surface area contributed by atoms with Crippen LogP contribution in [0.2, 0.25) is 0 Å². The molecule has 0 aromatic rings. The van der Waals surface area contributed by atoms with Crippen LogP contribution in [0.4, 0.5) is 33.8 Å². The molecule has 0 saturated heterocycles. The fourth-order valence-corrected chi connectivity index (χ4v) is 0. The van der Waals surface area contributed by atoms with Gasteiger partial charge < -0.3 is 0 Å². The van der Waals surface area contributed by atoms with Crippen LogP contribution in [0, 0.1) is 0 Å². The van der Waals surface area contributed by atoms with Crippen LogP contribution < -0.4 is 0 Å². The smallest absolute Gasteiger partial charge is 0.0395 e. The van der Waals surface area contributed by atoms with Crippen LogP contribution in [0.1, 0.15) is 0 Å². The van der Waals surface area contributed by atoms with Crippen LogP contribution in [-0.4, -0.2) is 39.0 Å². The zero-order chi connectivity index (χ0) is 12.8. The molecule has 0 radical (unpaired) electrons. The molecular weight excluding hydrogens is 533 g/mol. The predicted octanol–water partition coefficient (Wildman–Crippen LogP) is 3.86. The largest absolute Gasteiger partial charge is 0.0395 e. The summed E-state index contributed by atoms with van der Waals surface area (Å²) in [4.78, 5) is 0. The van der Waals surface area contributed by atoms with E-state index in [4.69, 9.17) is 0 Å². The first kappa shape index (κ1) is 26.3. The SMILES string of the molecule is [F][Sb-]([F])([F])([F])([F])[F].[F][Sb-]([F])([F])([F])([F])[F].[PH4+].[PH4+]. The minimum Gasteiger partial charge on any atom is -0.0395 e. The predicted molar refractivity (Wildman–Crippen MR) is 49.8 cm³/mol. The summed E-state index contributed by atoms with van der Waals surface area (Å²) in [5.74, 6) is 0. The van der Waals surface area contributed by atoms with Crippen LogP contribution in [0.3, 0.4) is 0 Å². The van der Waals surface area contributed by atoms with Crippen molar-refractivity contribution in [3.8, 4) is 0 Å². The van der Waals surface area contributed by atoms with E-state index >= 15 is 0 Å². The molecule has 0 aromatic heterocycles. The monoisotopic (exact) mass is 540 g/mol. The normalized spacial score (nSPS) is 20.2. The molecule has 0 aliphatic rings. The Morgan fingerprint density at radius 2 is 0.312 bits per heavy atom. The molecule has 2 unspecified atom stereocenters. The molecule has 0 rings (SSSR count). The number of hydrogen-bond donors (Lipinski definition) is 0. The van der Waals surface area contributed by atoms with Crippen LogP contribution in [0.15, 0.2) is 0 Å². The topological polar surface area (TPSA) is 0 Å². The van der Waals surface area contributed by atoms with E-state index in [0.29, 0.717) is 0 Å². The average Bonchev–Trinajstić information content (AvgIpc) is 0.938. The van der Waals surface area contributed by atoms with Gasteiger partial charge in [-0.3, -0.25) is 0 Å². The van der Waals surface area contributed by atoms with Crippen molar-refractivity contribution in [2.75, 3.05) is 0 Å². The molecule has 112 valence electrons. The first-order valence-corrected chi connectivity index (χ1v) is 13.6. The minimum atomic E-state index is -11.2. The van der Waals surface area contributed by atoms with E-state index in [-0.39, 0.29) is 19.8 Å². The molecule has 16 heavy (non-hydrogen) atoms. The fourth-order valence-electron chi connectivity index (χ4n) is 0. The average molecular weight is 542 g/mol. The zero-order valence-electron chi connectivity index (χ0n) is 7.43. The summed E-state index contributed by atoms with van der Waals surface area (Å²) in [7, 11) is 0. The second-order valence-corrected chi connectivity index (χ2v) is 12.9. The maximum Gasteiger partial charge on any atom is -0.0395 e. The van der Waals surface area contributed by atoms with Crippen molar-refractivity contribution >= 4 is 58.7 Å². The number of hydrogen-bond acceptors (Lipinski definition) is 0. The molecule has 0 fully saturated rings. The molecule has 0 amide bonds. The Morgan fingerprint density at radius 3 is 0.312 bits per heavy atom. The summed E-state index contributed by atoms with van der Waals surface area (Å²) < 4.78 is 119. The third kappa shape index (κ3) is 1230. The van der Waals surface area contributed by atoms with Gasteiger partial charge in [-0.05, 0) is 19.8 Å². The third-order valence-electron chi connectivity index (χ3n) is 0. The van der Waals surface area contributed by atoms with Crippen molar-refractivity contribution in [1.29, 1.82) is 0 Å². The quantitative estimate of drug-likeness (QED) is 0.248. The molecule has 0 spiro atoms. The second-order valence-electron chi connectivity index (χ2n) is 1.92. The number of rotatable bonds is 0. The van der Waals surface area contributed by atoms with Crippen molar-refractivity contribution in [2.45, 2.75) is 0 Å². The molecule has 2 atom stereocenters. The molecule has 0 aliphatic heterocycles. The Morgan fingerprint density at radius 1 is 0.312 bits per heavy atom. The van der Waals surface area contributed by atoms with E-state index in [2.05, 4.69) is 0 Å². The van der Waals surface area contributed by atoms with Crippen molar-refractivity contribution < 1.29 is 33.8 Å². The molecule has 0 saturated carbocycles. The van der Waals surface area contributed by atoms with E-state index in [1.54, 1.807) is 0 Å². The van der Waals surface area contributed by atoms with Gasteiger partial charge in [0.2, 0.25) is 0 Å². The molecule has 16 heteroatoms. The summed E-state index contributed by atoms with van der Waals surface area (Å²) in [6.07, 6.45) is 0. The summed E-state index contributed by atoms with van der Waals surface area (Å²) in [5.41, 5.74) is 0. The Balaban J connectivity index is -0.0000000800. The minimum absolute atomic E-state index is 0. The maximum absolute atomic E-state index is 11.2. The van der Waals surface area contributed by atoms with E-state index in [9.17, 15) is 33.8 Å². The van der Waals surface area contributed by atoms with Crippen LogP contribution in [0.5, 0.6) is 0 Å². The van der Waals surface area contributed by atoms with Gasteiger partial charge in [-0.15, -0.1) is 0 Å². The van der Waals surface area contributed by atoms with Crippen LogP contribution >= 0.6 is 19.8 Å². The standard InChI is InChI=1S/12FH.2H3P.2Sb/h12*1H;2*1H3;;/q;;;;;;;;;;;;;;2*+5/p-10. The van der Waals surface area contributed by atoms with E-state index in [1.165, 1.54) is 0 Å². The van der Waals surface area contributed by atoms with Gasteiger partial charge in [0, 0.05) is 0 Å². The van der Waals surface area contributed by atoms with Gasteiger partial charge >= 0.3 is 72.7 Å². The summed E-state index contributed by atoms with van der Waals surface area (Å²) in [6, 6.07) is 0. The Bertz CT molecular complexity index is 164. The van der Waals surface area contributed by atoms with Gasteiger partial charge in [0.15, 0.2) is 0 Å². The molecule has 0 nitrogen and oxygen atoms in total. The van der Waals surface area contributed by atoms with Crippen molar-refractivity contribution in [3.63, 3.8) is 0 Å². The summed E-state index contributed by atoms with van der Waals surface area (Å²) in [5, 5.41) is 0. The van der Waals surface area contributed by atoms with E-state index in [0.717, 1.165) is 0 Å². The summed E-state index contributed by atoms with van der Waals surface area (Å²) >= 11 is -22.5. The van der Waals surface area contributed by atoms with E-state index in [1.807, 2.05) is 0 Å². The van der Waals surface area contributed by atoms with E-state index < -0.39 is 39.0 Å². The Kier molecular flexibility index (Phi) is 6.69. The van der Waals surface area contributed by atoms with Gasteiger partial charge in [0.25, 0.3) is 0 Å². The van der Waals surface area contributed by atoms with Gasteiger partial charge in [-0.25, -0.2) is 0 Å². The first-order valence-electron chi connectivity index (χ1n) is 2.03. The van der Waals surface area contributed by atoms with Crippen molar-refractivity contribution in [1.82, 2.24) is 0 Å². The van der Waals surface area contributed by atoms with Crippen molar-refractivity contribution in [2.24, 2.45) is 0 Å². The zero-order valence-corrected chi connectivity index (χ0v) is 16.5. The Labute approximate surface area is 92.2 Å². The third-order valence-corrected chi connectivity index (χ3v) is 0. The number of halogens is 12. The molecule has 0 N–H and O–H groups in total. The summed E-state index contributed by atoms with van der Waals surface area (Å²) in [6.45, 7) is 0.